The lowest BCUT2D eigenvalue weighted by molar-refractivity contribution is 0.147. The smallest absolute Gasteiger partial charge is 0.178 e. The van der Waals surface area contributed by atoms with Gasteiger partial charge in [-0.15, -0.1) is 0 Å². The molecule has 0 radical (unpaired) electrons. The third kappa shape index (κ3) is 4.60. The van der Waals surface area contributed by atoms with E-state index in [4.69, 9.17) is 13.6 Å². The van der Waals surface area contributed by atoms with Crippen molar-refractivity contribution in [1.82, 2.24) is 0 Å². The van der Waals surface area contributed by atoms with Crippen LogP contribution in [0, 0.1) is 0 Å². The molecule has 3 nitrogen and oxygen atoms in total. The van der Waals surface area contributed by atoms with Crippen LogP contribution in [0.15, 0.2) is 12.2 Å². The zero-order chi connectivity index (χ0) is 11.7. The second-order valence-electron chi connectivity index (χ2n) is 3.06. The SMILES string of the molecule is C/C=C\C(C)[P+](OCC)(OCC)OCC. The van der Waals surface area contributed by atoms with Crippen molar-refractivity contribution in [2.24, 2.45) is 0 Å². The van der Waals surface area contributed by atoms with Crippen molar-refractivity contribution < 1.29 is 13.6 Å². The maximum absolute atomic E-state index is 5.74. The van der Waals surface area contributed by atoms with Gasteiger partial charge in [-0.2, -0.15) is 13.6 Å². The second-order valence-corrected chi connectivity index (χ2v) is 5.73. The average molecular weight is 235 g/mol. The van der Waals surface area contributed by atoms with Gasteiger partial charge in [0.05, 0.1) is 19.8 Å². The largest absolute Gasteiger partial charge is 0.418 e. The zero-order valence-electron chi connectivity index (χ0n) is 10.5. The minimum Gasteiger partial charge on any atom is -0.178 e. The van der Waals surface area contributed by atoms with Crippen LogP contribution in [-0.2, 0) is 13.6 Å². The summed E-state index contributed by atoms with van der Waals surface area (Å²) in [7, 11) is -2.19. The molecule has 1 atom stereocenters. The van der Waals surface area contributed by atoms with E-state index in [9.17, 15) is 0 Å². The molecule has 0 aromatic rings. The minimum absolute atomic E-state index is 0.183. The van der Waals surface area contributed by atoms with E-state index in [1.54, 1.807) is 0 Å². The van der Waals surface area contributed by atoms with Crippen LogP contribution < -0.4 is 0 Å². The van der Waals surface area contributed by atoms with Crippen molar-refractivity contribution >= 4 is 7.94 Å². The van der Waals surface area contributed by atoms with Gasteiger partial charge in [0.15, 0.2) is 5.66 Å². The fourth-order valence-corrected chi connectivity index (χ4v) is 3.78. The van der Waals surface area contributed by atoms with Crippen LogP contribution in [0.2, 0.25) is 0 Å². The van der Waals surface area contributed by atoms with Gasteiger partial charge in [-0.25, -0.2) is 0 Å². The van der Waals surface area contributed by atoms with Crippen molar-refractivity contribution in [3.05, 3.63) is 12.2 Å². The highest BCUT2D eigenvalue weighted by atomic mass is 31.2. The van der Waals surface area contributed by atoms with Gasteiger partial charge in [-0.05, 0) is 40.7 Å². The Hall–Kier alpha value is 0.0500. The Morgan fingerprint density at radius 1 is 1.00 bits per heavy atom. The lowest BCUT2D eigenvalue weighted by Gasteiger charge is -2.24. The summed E-state index contributed by atoms with van der Waals surface area (Å²) in [5.41, 5.74) is 0.183. The van der Waals surface area contributed by atoms with E-state index >= 15 is 0 Å². The van der Waals surface area contributed by atoms with E-state index in [0.29, 0.717) is 19.8 Å². The van der Waals surface area contributed by atoms with Crippen LogP contribution in [0.3, 0.4) is 0 Å². The first kappa shape index (κ1) is 15.0. The Morgan fingerprint density at radius 3 is 1.67 bits per heavy atom. The highest BCUT2D eigenvalue weighted by Gasteiger charge is 2.49. The van der Waals surface area contributed by atoms with E-state index in [0.717, 1.165) is 0 Å². The Kier molecular flexibility index (Phi) is 8.26. The van der Waals surface area contributed by atoms with Crippen molar-refractivity contribution in [2.45, 2.75) is 40.3 Å². The van der Waals surface area contributed by atoms with Gasteiger partial charge in [0.2, 0.25) is 0 Å². The van der Waals surface area contributed by atoms with Crippen LogP contribution in [-0.4, -0.2) is 25.5 Å². The third-order valence-electron chi connectivity index (χ3n) is 1.90. The highest BCUT2D eigenvalue weighted by molar-refractivity contribution is 7.62. The zero-order valence-corrected chi connectivity index (χ0v) is 11.4. The molecule has 15 heavy (non-hydrogen) atoms. The molecular weight excluding hydrogens is 211 g/mol. The van der Waals surface area contributed by atoms with Gasteiger partial charge in [0, 0.05) is 0 Å². The molecule has 0 rings (SSSR count). The van der Waals surface area contributed by atoms with Crippen molar-refractivity contribution in [2.75, 3.05) is 19.8 Å². The molecule has 0 spiro atoms. The molecule has 0 N–H and O–H groups in total. The quantitative estimate of drug-likeness (QED) is 0.473. The first-order chi connectivity index (χ1) is 7.16. The molecule has 0 aromatic heterocycles. The topological polar surface area (TPSA) is 27.7 Å². The Labute approximate surface area is 94.4 Å². The Morgan fingerprint density at radius 2 is 1.40 bits per heavy atom. The van der Waals surface area contributed by atoms with Gasteiger partial charge in [0.25, 0.3) is 0 Å². The maximum Gasteiger partial charge on any atom is 0.418 e. The Bertz CT molecular complexity index is 166. The van der Waals surface area contributed by atoms with Crippen LogP contribution in [0.4, 0.5) is 0 Å². The van der Waals surface area contributed by atoms with Gasteiger partial charge in [0.1, 0.15) is 0 Å². The van der Waals surface area contributed by atoms with E-state index in [1.807, 2.05) is 33.8 Å². The molecule has 90 valence electrons. The summed E-state index contributed by atoms with van der Waals surface area (Å²) in [4.78, 5) is 0. The average Bonchev–Trinajstić information content (AvgIpc) is 2.19. The fourth-order valence-electron chi connectivity index (χ4n) is 1.39. The van der Waals surface area contributed by atoms with Gasteiger partial charge in [-0.1, -0.05) is 6.08 Å². The first-order valence-electron chi connectivity index (χ1n) is 5.61. The molecule has 0 aliphatic heterocycles. The number of hydrogen-bond donors (Lipinski definition) is 0. The molecule has 0 saturated carbocycles. The van der Waals surface area contributed by atoms with E-state index in [2.05, 4.69) is 13.0 Å². The summed E-state index contributed by atoms with van der Waals surface area (Å²) >= 11 is 0. The maximum atomic E-state index is 5.74. The summed E-state index contributed by atoms with van der Waals surface area (Å²) in [5.74, 6) is 0. The molecule has 0 aliphatic carbocycles. The van der Waals surface area contributed by atoms with E-state index in [1.165, 1.54) is 0 Å². The molecule has 0 fully saturated rings. The van der Waals surface area contributed by atoms with Gasteiger partial charge < -0.3 is 0 Å². The lowest BCUT2D eigenvalue weighted by atomic mass is 10.4. The van der Waals surface area contributed by atoms with Gasteiger partial charge in [-0.3, -0.25) is 0 Å². The van der Waals surface area contributed by atoms with Crippen molar-refractivity contribution in [1.29, 1.82) is 0 Å². The molecule has 0 saturated heterocycles. The standard InChI is InChI=1S/C11H24O3P/c1-6-10-11(5)15(12-7-2,13-8-3)14-9-4/h6,10-11H,7-9H2,1-5H3/q+1/b10-6-. The monoisotopic (exact) mass is 235 g/mol. The van der Waals surface area contributed by atoms with Crippen molar-refractivity contribution in [3.8, 4) is 0 Å². The molecule has 0 amide bonds. The molecule has 0 bridgehead atoms. The predicted molar refractivity (Wildman–Crippen MR) is 66.1 cm³/mol. The molecule has 0 aliphatic rings. The summed E-state index contributed by atoms with van der Waals surface area (Å²) in [6.45, 7) is 11.8. The number of allylic oxidation sites excluding steroid dienone is 2. The first-order valence-corrected chi connectivity index (χ1v) is 7.23. The van der Waals surface area contributed by atoms with Crippen LogP contribution in [0.25, 0.3) is 0 Å². The van der Waals surface area contributed by atoms with Crippen LogP contribution in [0.5, 0.6) is 0 Å². The molecule has 0 aromatic carbocycles. The number of rotatable bonds is 8. The molecular formula is C11H24O3P+. The fraction of sp³-hybridized carbons (Fsp3) is 0.818. The number of hydrogen-bond acceptors (Lipinski definition) is 3. The lowest BCUT2D eigenvalue weighted by Crippen LogP contribution is -2.17. The van der Waals surface area contributed by atoms with E-state index < -0.39 is 7.94 Å². The van der Waals surface area contributed by atoms with Gasteiger partial charge >= 0.3 is 7.94 Å². The highest BCUT2D eigenvalue weighted by Crippen LogP contribution is 2.66. The molecule has 1 unspecified atom stereocenters. The predicted octanol–water partition coefficient (Wildman–Crippen LogP) is 3.82. The molecule has 4 heteroatoms. The second kappa shape index (κ2) is 8.23. The molecule has 0 heterocycles. The van der Waals surface area contributed by atoms with Crippen molar-refractivity contribution in [3.63, 3.8) is 0 Å². The summed E-state index contributed by atoms with van der Waals surface area (Å²) in [5, 5.41) is 0. The minimum atomic E-state index is -2.19. The van der Waals surface area contributed by atoms with Crippen LogP contribution in [0.1, 0.15) is 34.6 Å². The third-order valence-corrected chi connectivity index (χ3v) is 4.92. The van der Waals surface area contributed by atoms with E-state index in [-0.39, 0.29) is 5.66 Å². The summed E-state index contributed by atoms with van der Waals surface area (Å²) in [6, 6.07) is 0. The normalized spacial score (nSPS) is 14.7. The summed E-state index contributed by atoms with van der Waals surface area (Å²) in [6.07, 6.45) is 4.09. The summed E-state index contributed by atoms with van der Waals surface area (Å²) < 4.78 is 17.2. The Balaban J connectivity index is 4.73. The van der Waals surface area contributed by atoms with Crippen LogP contribution >= 0.6 is 7.94 Å².